The van der Waals surface area contributed by atoms with Crippen molar-refractivity contribution in [2.45, 2.75) is 136 Å². The predicted molar refractivity (Wildman–Crippen MR) is 232 cm³/mol. The summed E-state index contributed by atoms with van der Waals surface area (Å²) in [5.74, 6) is -1.21. The summed E-state index contributed by atoms with van der Waals surface area (Å²) in [4.78, 5) is 71.7. The summed E-state index contributed by atoms with van der Waals surface area (Å²) in [6.45, 7) is 14.6. The number of unbranched alkanes of at least 4 members (excludes halogenated alkanes) is 1. The van der Waals surface area contributed by atoms with Crippen molar-refractivity contribution in [1.82, 2.24) is 25.8 Å². The molecule has 328 valence electrons. The standard InChI is InChI=1S/C44H61ClN6O8S/c1-26(28-16-18-30(19-17-28)38-27(2)47-25-60-38)48-40(55)33-22-32(52)23-51(33)41(56)39(43(3,4)5)50-36(54)15-10-9-12-29-13-11-14-34(37(29)45)58-24-31(20-21-35(46)53)49-42(57)59-44(6,7)8/h11,13-14,16-19,25-26,31-33,39,52H,9-10,12,15,20-24H2,1-8H3,(H2,46,53)(H,48,55)(H,49,57)(H,50,54)/t26?,31?,32-,33+,39?/m1/s1. The van der Waals surface area contributed by atoms with Crippen molar-refractivity contribution in [3.63, 3.8) is 0 Å². The summed E-state index contributed by atoms with van der Waals surface area (Å²) in [6.07, 6.45) is 0.658. The monoisotopic (exact) mass is 868 g/mol. The number of alkyl carbamates (subject to hydrolysis) is 1. The van der Waals surface area contributed by atoms with Crippen molar-refractivity contribution in [1.29, 1.82) is 0 Å². The highest BCUT2D eigenvalue weighted by atomic mass is 35.5. The molecule has 0 radical (unpaired) electrons. The van der Waals surface area contributed by atoms with E-state index in [4.69, 9.17) is 26.8 Å². The molecule has 6 N–H and O–H groups in total. The number of nitrogens with one attached hydrogen (secondary N) is 3. The molecule has 3 aromatic rings. The molecule has 60 heavy (non-hydrogen) atoms. The van der Waals surface area contributed by atoms with Crippen LogP contribution in [0.5, 0.6) is 5.75 Å². The zero-order valence-electron chi connectivity index (χ0n) is 35.9. The van der Waals surface area contributed by atoms with E-state index in [0.29, 0.717) is 30.0 Å². The number of aliphatic hydroxyl groups excluding tert-OH is 1. The lowest BCUT2D eigenvalue weighted by Crippen LogP contribution is -2.57. The molecule has 0 spiro atoms. The Balaban J connectivity index is 1.31. The van der Waals surface area contributed by atoms with Gasteiger partial charge in [-0.15, -0.1) is 11.3 Å². The van der Waals surface area contributed by atoms with Crippen molar-refractivity contribution in [2.24, 2.45) is 11.1 Å². The summed E-state index contributed by atoms with van der Waals surface area (Å²) in [7, 11) is 0. The number of hydrogen-bond acceptors (Lipinski definition) is 10. The van der Waals surface area contributed by atoms with Crippen LogP contribution < -0.4 is 26.4 Å². The van der Waals surface area contributed by atoms with E-state index in [1.807, 2.05) is 70.5 Å². The molecule has 1 aliphatic heterocycles. The fourth-order valence-corrected chi connectivity index (χ4v) is 7.98. The van der Waals surface area contributed by atoms with E-state index in [2.05, 4.69) is 20.9 Å². The largest absolute Gasteiger partial charge is 0.490 e. The number of primary amides is 1. The van der Waals surface area contributed by atoms with Crippen molar-refractivity contribution >= 4 is 52.7 Å². The highest BCUT2D eigenvalue weighted by Crippen LogP contribution is 2.31. The number of ether oxygens (including phenoxy) is 2. The van der Waals surface area contributed by atoms with E-state index in [1.165, 1.54) is 4.90 Å². The summed E-state index contributed by atoms with van der Waals surface area (Å²) in [5, 5.41) is 19.7. The molecule has 2 heterocycles. The maximum atomic E-state index is 14.1. The third-order valence-corrected chi connectivity index (χ3v) is 11.5. The van der Waals surface area contributed by atoms with Gasteiger partial charge >= 0.3 is 6.09 Å². The van der Waals surface area contributed by atoms with Crippen LogP contribution in [0, 0.1) is 12.3 Å². The van der Waals surface area contributed by atoms with Gasteiger partial charge in [-0.2, -0.15) is 0 Å². The first-order valence-electron chi connectivity index (χ1n) is 20.4. The maximum absolute atomic E-state index is 14.1. The first-order chi connectivity index (χ1) is 28.1. The van der Waals surface area contributed by atoms with Crippen molar-refractivity contribution in [3.8, 4) is 16.2 Å². The number of benzene rings is 2. The third kappa shape index (κ3) is 14.2. The number of amides is 5. The summed E-state index contributed by atoms with van der Waals surface area (Å²) >= 11 is 8.29. The molecular formula is C44H61ClN6O8S. The van der Waals surface area contributed by atoms with Gasteiger partial charge in [0.25, 0.3) is 0 Å². The number of β-amino-alcohol motifs (C(OH)–C–C–N with tert-alkyl or cyclic N) is 1. The van der Waals surface area contributed by atoms with Gasteiger partial charge in [0.1, 0.15) is 30.0 Å². The number of likely N-dealkylation sites (tertiary alicyclic amines) is 1. The molecule has 0 bridgehead atoms. The SMILES string of the molecule is Cc1ncsc1-c1ccc(C(C)NC(=O)[C@@H]2C[C@@H](O)CN2C(=O)C(NC(=O)CCCCc2cccc(OCC(CCC(N)=O)NC(=O)OC(C)(C)C)c2Cl)C(C)(C)C)cc1. The third-order valence-electron chi connectivity index (χ3n) is 10.1. The van der Waals surface area contributed by atoms with Gasteiger partial charge in [-0.25, -0.2) is 9.78 Å². The number of carbonyl (C=O) groups is 5. The number of thiazole rings is 1. The fraction of sp³-hybridized carbons (Fsp3) is 0.545. The first-order valence-corrected chi connectivity index (χ1v) is 21.7. The van der Waals surface area contributed by atoms with Crippen LogP contribution in [0.15, 0.2) is 48.0 Å². The van der Waals surface area contributed by atoms with Gasteiger partial charge in [-0.3, -0.25) is 19.2 Å². The number of aryl methyl sites for hydroxylation is 2. The Labute approximate surface area is 362 Å². The number of aliphatic hydroxyl groups is 1. The summed E-state index contributed by atoms with van der Waals surface area (Å²) < 4.78 is 11.3. The van der Waals surface area contributed by atoms with Crippen LogP contribution in [-0.4, -0.2) is 87.7 Å². The zero-order chi connectivity index (χ0) is 44.4. The number of rotatable bonds is 18. The second-order valence-corrected chi connectivity index (χ2v) is 18.7. The van der Waals surface area contributed by atoms with Crippen LogP contribution >= 0.6 is 22.9 Å². The van der Waals surface area contributed by atoms with E-state index in [9.17, 15) is 29.1 Å². The maximum Gasteiger partial charge on any atom is 0.407 e. The number of carbonyl (C=O) groups excluding carboxylic acids is 5. The molecule has 14 nitrogen and oxygen atoms in total. The lowest BCUT2D eigenvalue weighted by atomic mass is 9.85. The van der Waals surface area contributed by atoms with Gasteiger partial charge in [0.15, 0.2) is 0 Å². The van der Waals surface area contributed by atoms with E-state index in [1.54, 1.807) is 44.2 Å². The first kappa shape index (κ1) is 47.9. The minimum Gasteiger partial charge on any atom is -0.490 e. The van der Waals surface area contributed by atoms with Gasteiger partial charge in [-0.05, 0) is 88.5 Å². The highest BCUT2D eigenvalue weighted by molar-refractivity contribution is 7.13. The van der Waals surface area contributed by atoms with Crippen molar-refractivity contribution < 1.29 is 38.6 Å². The number of halogens is 1. The molecule has 0 aliphatic carbocycles. The molecule has 5 amide bonds. The van der Waals surface area contributed by atoms with Crippen LogP contribution in [0.2, 0.25) is 5.02 Å². The van der Waals surface area contributed by atoms with E-state index in [0.717, 1.165) is 27.3 Å². The molecule has 4 rings (SSSR count). The lowest BCUT2D eigenvalue weighted by molar-refractivity contribution is -0.144. The molecular weight excluding hydrogens is 808 g/mol. The van der Waals surface area contributed by atoms with Gasteiger partial charge in [0, 0.05) is 25.8 Å². The molecule has 2 aromatic carbocycles. The Morgan fingerprint density at radius 2 is 1.70 bits per heavy atom. The van der Waals surface area contributed by atoms with Crippen LogP contribution in [-0.2, 0) is 30.3 Å². The van der Waals surface area contributed by atoms with E-state index < -0.39 is 53.2 Å². The Hall–Kier alpha value is -4.73. The topological polar surface area (TPSA) is 202 Å². The van der Waals surface area contributed by atoms with Crippen molar-refractivity contribution in [3.05, 3.63) is 69.8 Å². The summed E-state index contributed by atoms with van der Waals surface area (Å²) in [6, 6.07) is 10.5. The van der Waals surface area contributed by atoms with Gasteiger partial charge in [0.05, 0.1) is 39.3 Å². The molecule has 1 saturated heterocycles. The van der Waals surface area contributed by atoms with Gasteiger partial charge in [0.2, 0.25) is 23.6 Å². The molecule has 0 saturated carbocycles. The smallest absolute Gasteiger partial charge is 0.407 e. The van der Waals surface area contributed by atoms with Gasteiger partial charge < -0.3 is 41.2 Å². The second kappa shape index (κ2) is 21.2. The Bertz CT molecular complexity index is 1960. The lowest BCUT2D eigenvalue weighted by Gasteiger charge is -2.35. The highest BCUT2D eigenvalue weighted by Gasteiger charge is 2.44. The molecule has 5 atom stereocenters. The van der Waals surface area contributed by atoms with Crippen molar-refractivity contribution in [2.75, 3.05) is 13.2 Å². The normalized spacial score (nSPS) is 17.0. The Morgan fingerprint density at radius 1 is 1.00 bits per heavy atom. The quantitative estimate of drug-likeness (QED) is 0.0898. The Kier molecular flexibility index (Phi) is 16.9. The molecule has 1 fully saturated rings. The molecule has 16 heteroatoms. The van der Waals surface area contributed by atoms with Crippen LogP contribution in [0.4, 0.5) is 4.79 Å². The minimum absolute atomic E-state index is 0.0194. The number of nitrogens with zero attached hydrogens (tertiary/aromatic N) is 2. The fourth-order valence-electron chi connectivity index (χ4n) is 6.89. The van der Waals surface area contributed by atoms with Gasteiger partial charge in [-0.1, -0.05) is 68.8 Å². The zero-order valence-corrected chi connectivity index (χ0v) is 37.5. The number of nitrogens with two attached hydrogens (primary N) is 1. The van der Waals surface area contributed by atoms with Crippen LogP contribution in [0.3, 0.4) is 0 Å². The number of aromatic nitrogens is 1. The molecule has 3 unspecified atom stereocenters. The number of hydrogen-bond donors (Lipinski definition) is 5. The summed E-state index contributed by atoms with van der Waals surface area (Å²) in [5.41, 5.74) is 9.45. The Morgan fingerprint density at radius 3 is 2.32 bits per heavy atom. The average molecular weight is 870 g/mol. The van der Waals surface area contributed by atoms with Crippen LogP contribution in [0.1, 0.15) is 110 Å². The molecule has 1 aromatic heterocycles. The van der Waals surface area contributed by atoms with E-state index in [-0.39, 0.29) is 56.7 Å². The van der Waals surface area contributed by atoms with E-state index >= 15 is 0 Å². The minimum atomic E-state index is -0.939. The van der Waals surface area contributed by atoms with Crippen LogP contribution in [0.25, 0.3) is 10.4 Å². The predicted octanol–water partition coefficient (Wildman–Crippen LogP) is 6.39. The average Bonchev–Trinajstić information content (AvgIpc) is 3.78. The molecule has 1 aliphatic rings. The second-order valence-electron chi connectivity index (χ2n) is 17.5.